The van der Waals surface area contributed by atoms with Gasteiger partial charge in [-0.05, 0) is 19.3 Å². The van der Waals surface area contributed by atoms with Crippen LogP contribution in [0.15, 0.2) is 12.4 Å². The fourth-order valence-corrected chi connectivity index (χ4v) is 2.52. The molecule has 0 N–H and O–H groups in total. The number of rotatable bonds is 7. The normalized spacial score (nSPS) is 20.2. The zero-order valence-electron chi connectivity index (χ0n) is 11.4. The molecule has 0 amide bonds. The van der Waals surface area contributed by atoms with E-state index in [0.717, 1.165) is 6.54 Å². The standard InChI is InChI=1S/C14H28N2/c1-5-7-8-9-10-16-12-11-15(6-2)14(16)13(3)4/h11-14H,5-10H2,1-4H3. The van der Waals surface area contributed by atoms with Crippen LogP contribution < -0.4 is 0 Å². The molecule has 1 aliphatic heterocycles. The van der Waals surface area contributed by atoms with Gasteiger partial charge in [-0.3, -0.25) is 0 Å². The molecule has 0 aromatic carbocycles. The monoisotopic (exact) mass is 224 g/mol. The summed E-state index contributed by atoms with van der Waals surface area (Å²) in [6.07, 6.45) is 10.5. The Morgan fingerprint density at radius 3 is 2.25 bits per heavy atom. The van der Waals surface area contributed by atoms with Crippen LogP contribution in [0.5, 0.6) is 0 Å². The van der Waals surface area contributed by atoms with E-state index in [1.165, 1.54) is 32.2 Å². The zero-order chi connectivity index (χ0) is 12.0. The van der Waals surface area contributed by atoms with Crippen molar-refractivity contribution in [3.63, 3.8) is 0 Å². The number of hydrogen-bond acceptors (Lipinski definition) is 2. The molecule has 1 atom stereocenters. The molecule has 2 heteroatoms. The molecule has 0 fully saturated rings. The van der Waals surface area contributed by atoms with Gasteiger partial charge in [0, 0.05) is 25.5 Å². The maximum absolute atomic E-state index is 2.52. The fraction of sp³-hybridized carbons (Fsp3) is 0.857. The smallest absolute Gasteiger partial charge is 0.103 e. The minimum absolute atomic E-state index is 0.589. The molecule has 0 aromatic heterocycles. The van der Waals surface area contributed by atoms with Crippen molar-refractivity contribution >= 4 is 0 Å². The highest BCUT2D eigenvalue weighted by atomic mass is 15.4. The van der Waals surface area contributed by atoms with E-state index >= 15 is 0 Å². The number of unbranched alkanes of at least 4 members (excludes halogenated alkanes) is 3. The molecule has 0 saturated heterocycles. The summed E-state index contributed by atoms with van der Waals surface area (Å²) in [6.45, 7) is 11.5. The maximum Gasteiger partial charge on any atom is 0.103 e. The van der Waals surface area contributed by atoms with Crippen LogP contribution in [0.25, 0.3) is 0 Å². The third kappa shape index (κ3) is 3.43. The highest BCUT2D eigenvalue weighted by molar-refractivity contribution is 4.97. The molecule has 0 spiro atoms. The SMILES string of the molecule is CCCCCCN1C=CN(CC)C1C(C)C. The molecule has 0 aliphatic carbocycles. The second-order valence-corrected chi connectivity index (χ2v) is 5.08. The molecular formula is C14H28N2. The molecule has 0 saturated carbocycles. The van der Waals surface area contributed by atoms with Crippen molar-refractivity contribution in [2.24, 2.45) is 5.92 Å². The maximum atomic E-state index is 2.52. The van der Waals surface area contributed by atoms with E-state index in [-0.39, 0.29) is 0 Å². The predicted molar refractivity (Wildman–Crippen MR) is 71.0 cm³/mol. The average Bonchev–Trinajstić information content (AvgIpc) is 2.67. The minimum atomic E-state index is 0.589. The Hall–Kier alpha value is -0.660. The molecular weight excluding hydrogens is 196 g/mol. The van der Waals surface area contributed by atoms with Gasteiger partial charge in [0.1, 0.15) is 6.17 Å². The Bertz CT molecular complexity index is 211. The summed E-state index contributed by atoms with van der Waals surface area (Å²) in [6, 6.07) is 0. The van der Waals surface area contributed by atoms with Crippen molar-refractivity contribution < 1.29 is 0 Å². The van der Waals surface area contributed by atoms with Crippen LogP contribution in [-0.2, 0) is 0 Å². The van der Waals surface area contributed by atoms with Crippen LogP contribution in [-0.4, -0.2) is 29.1 Å². The summed E-state index contributed by atoms with van der Waals surface area (Å²) in [4.78, 5) is 4.97. The molecule has 0 bridgehead atoms. The number of nitrogens with zero attached hydrogens (tertiary/aromatic N) is 2. The Balaban J connectivity index is 2.37. The van der Waals surface area contributed by atoms with Gasteiger partial charge in [0.2, 0.25) is 0 Å². The summed E-state index contributed by atoms with van der Waals surface area (Å²) < 4.78 is 0. The first-order valence-electron chi connectivity index (χ1n) is 6.90. The van der Waals surface area contributed by atoms with Gasteiger partial charge in [-0.2, -0.15) is 0 Å². The van der Waals surface area contributed by atoms with Gasteiger partial charge in [0.05, 0.1) is 0 Å². The molecule has 0 aromatic rings. The van der Waals surface area contributed by atoms with Gasteiger partial charge >= 0.3 is 0 Å². The van der Waals surface area contributed by atoms with Crippen LogP contribution >= 0.6 is 0 Å². The van der Waals surface area contributed by atoms with E-state index in [2.05, 4.69) is 49.9 Å². The van der Waals surface area contributed by atoms with Crippen molar-refractivity contribution in [3.05, 3.63) is 12.4 Å². The van der Waals surface area contributed by atoms with Crippen molar-refractivity contribution in [1.29, 1.82) is 0 Å². The van der Waals surface area contributed by atoms with E-state index in [0.29, 0.717) is 12.1 Å². The quantitative estimate of drug-likeness (QED) is 0.609. The second kappa shape index (κ2) is 6.82. The topological polar surface area (TPSA) is 6.48 Å². The first-order chi connectivity index (χ1) is 7.70. The fourth-order valence-electron chi connectivity index (χ4n) is 2.52. The summed E-state index contributed by atoms with van der Waals surface area (Å²) in [7, 11) is 0. The summed E-state index contributed by atoms with van der Waals surface area (Å²) in [5.41, 5.74) is 0. The Kier molecular flexibility index (Phi) is 5.72. The minimum Gasteiger partial charge on any atom is -0.356 e. The molecule has 2 nitrogen and oxygen atoms in total. The van der Waals surface area contributed by atoms with Gasteiger partial charge in [0.15, 0.2) is 0 Å². The van der Waals surface area contributed by atoms with Crippen LogP contribution in [0.2, 0.25) is 0 Å². The van der Waals surface area contributed by atoms with Crippen molar-refractivity contribution in [3.8, 4) is 0 Å². The summed E-state index contributed by atoms with van der Waals surface area (Å²) in [5, 5.41) is 0. The van der Waals surface area contributed by atoms with E-state index in [9.17, 15) is 0 Å². The molecule has 1 aliphatic rings. The van der Waals surface area contributed by atoms with E-state index in [4.69, 9.17) is 0 Å². The van der Waals surface area contributed by atoms with E-state index in [1.807, 2.05) is 0 Å². The van der Waals surface area contributed by atoms with Crippen molar-refractivity contribution in [2.75, 3.05) is 13.1 Å². The Morgan fingerprint density at radius 1 is 1.00 bits per heavy atom. The van der Waals surface area contributed by atoms with E-state index in [1.54, 1.807) is 0 Å². The van der Waals surface area contributed by atoms with Crippen molar-refractivity contribution in [2.45, 2.75) is 59.5 Å². The molecule has 94 valence electrons. The average molecular weight is 224 g/mol. The number of hydrogen-bond donors (Lipinski definition) is 0. The van der Waals surface area contributed by atoms with Gasteiger partial charge in [-0.25, -0.2) is 0 Å². The lowest BCUT2D eigenvalue weighted by molar-refractivity contribution is 0.110. The van der Waals surface area contributed by atoms with Crippen molar-refractivity contribution in [1.82, 2.24) is 9.80 Å². The van der Waals surface area contributed by atoms with Crippen LogP contribution in [0, 0.1) is 5.92 Å². The molecule has 16 heavy (non-hydrogen) atoms. The third-order valence-electron chi connectivity index (χ3n) is 3.36. The first kappa shape index (κ1) is 13.4. The Morgan fingerprint density at radius 2 is 1.69 bits per heavy atom. The van der Waals surface area contributed by atoms with Crippen LogP contribution in [0.1, 0.15) is 53.4 Å². The summed E-state index contributed by atoms with van der Waals surface area (Å²) >= 11 is 0. The predicted octanol–water partition coefficient (Wildman–Crippen LogP) is 3.66. The van der Waals surface area contributed by atoms with Gasteiger partial charge in [-0.1, -0.05) is 40.0 Å². The highest BCUT2D eigenvalue weighted by Gasteiger charge is 2.27. The summed E-state index contributed by atoms with van der Waals surface area (Å²) in [5.74, 6) is 0.695. The van der Waals surface area contributed by atoms with Gasteiger partial charge in [-0.15, -0.1) is 0 Å². The van der Waals surface area contributed by atoms with Crippen LogP contribution in [0.4, 0.5) is 0 Å². The highest BCUT2D eigenvalue weighted by Crippen LogP contribution is 2.22. The first-order valence-corrected chi connectivity index (χ1v) is 6.90. The largest absolute Gasteiger partial charge is 0.356 e. The second-order valence-electron chi connectivity index (χ2n) is 5.08. The third-order valence-corrected chi connectivity index (χ3v) is 3.36. The molecule has 1 heterocycles. The lowest BCUT2D eigenvalue weighted by Crippen LogP contribution is -2.42. The molecule has 0 radical (unpaired) electrons. The van der Waals surface area contributed by atoms with Crippen LogP contribution in [0.3, 0.4) is 0 Å². The van der Waals surface area contributed by atoms with Gasteiger partial charge < -0.3 is 9.80 Å². The molecule has 1 unspecified atom stereocenters. The molecule has 1 rings (SSSR count). The van der Waals surface area contributed by atoms with E-state index < -0.39 is 0 Å². The Labute approximate surface area is 101 Å². The lowest BCUT2D eigenvalue weighted by atomic mass is 10.1. The van der Waals surface area contributed by atoms with Gasteiger partial charge in [0.25, 0.3) is 0 Å². The zero-order valence-corrected chi connectivity index (χ0v) is 11.4. The lowest BCUT2D eigenvalue weighted by Gasteiger charge is -2.35.